The number of carbonyl (C=O) groups excluding carboxylic acids is 2. The van der Waals surface area contributed by atoms with E-state index in [0.29, 0.717) is 14.9 Å². The third-order valence-electron chi connectivity index (χ3n) is 4.44. The zero-order valence-corrected chi connectivity index (χ0v) is 15.4. The van der Waals surface area contributed by atoms with Crippen LogP contribution in [0.15, 0.2) is 34.1 Å². The summed E-state index contributed by atoms with van der Waals surface area (Å²) in [6, 6.07) is 6.87. The molecule has 26 heavy (non-hydrogen) atoms. The molecule has 2 unspecified atom stereocenters. The summed E-state index contributed by atoms with van der Waals surface area (Å²) in [4.78, 5) is 52.3. The number of halogens is 1. The maximum absolute atomic E-state index is 12.9. The minimum atomic E-state index is -1.25. The number of fused-ring (bicyclic) bond motifs is 2. The van der Waals surface area contributed by atoms with Gasteiger partial charge in [-0.1, -0.05) is 46.8 Å². The van der Waals surface area contributed by atoms with Crippen LogP contribution in [0.3, 0.4) is 0 Å². The lowest BCUT2D eigenvalue weighted by atomic mass is 9.83. The minimum absolute atomic E-state index is 0.260. The molecule has 1 aromatic heterocycles. The number of thiazole rings is 1. The molecule has 0 bridgehead atoms. The third kappa shape index (κ3) is 2.67. The smallest absolute Gasteiger partial charge is 0.323 e. The molecule has 1 aromatic carbocycles. The van der Waals surface area contributed by atoms with Crippen molar-refractivity contribution in [3.8, 4) is 0 Å². The lowest BCUT2D eigenvalue weighted by molar-refractivity contribution is -0.149. The van der Waals surface area contributed by atoms with Gasteiger partial charge < -0.3 is 10.1 Å². The third-order valence-corrected chi connectivity index (χ3v) is 7.09. The second kappa shape index (κ2) is 6.26. The van der Waals surface area contributed by atoms with Gasteiger partial charge in [0.15, 0.2) is 0 Å². The predicted molar refractivity (Wildman–Crippen MR) is 95.7 cm³/mol. The highest BCUT2D eigenvalue weighted by Crippen LogP contribution is 2.52. The van der Waals surface area contributed by atoms with Crippen molar-refractivity contribution in [2.24, 2.45) is 5.92 Å². The standard InChI is InChI=1S/C16H11ClN2O5S2/c17-7-3-1-6(2-4-7)9-10-12(25-13-11(9)26-16(24)18-13)15(23)19(14(10)22)5-8(20)21/h1-4,9-10,12H,5H2,(H,18,24)(H,20,21)/t9-,10?,12?/m1/s1. The maximum Gasteiger partial charge on any atom is 0.323 e. The molecule has 3 atom stereocenters. The van der Waals surface area contributed by atoms with Crippen LogP contribution in [0.5, 0.6) is 0 Å². The van der Waals surface area contributed by atoms with Gasteiger partial charge in [0, 0.05) is 15.8 Å². The summed E-state index contributed by atoms with van der Waals surface area (Å²) in [7, 11) is 0. The molecule has 0 radical (unpaired) electrons. The van der Waals surface area contributed by atoms with Gasteiger partial charge in [-0.25, -0.2) is 0 Å². The van der Waals surface area contributed by atoms with Crippen molar-refractivity contribution in [2.75, 3.05) is 6.54 Å². The Morgan fingerprint density at radius 2 is 1.88 bits per heavy atom. The number of benzene rings is 1. The Balaban J connectivity index is 1.85. The number of imide groups is 1. The average Bonchev–Trinajstić information content (AvgIpc) is 3.06. The summed E-state index contributed by atoms with van der Waals surface area (Å²) in [6.07, 6.45) is 0. The molecule has 134 valence electrons. The molecule has 7 nitrogen and oxygen atoms in total. The fourth-order valence-electron chi connectivity index (χ4n) is 3.39. The monoisotopic (exact) mass is 410 g/mol. The number of aromatic amines is 1. The molecule has 1 fully saturated rings. The van der Waals surface area contributed by atoms with Crippen LogP contribution in [-0.2, 0) is 14.4 Å². The zero-order chi connectivity index (χ0) is 18.6. The van der Waals surface area contributed by atoms with Crippen LogP contribution < -0.4 is 4.87 Å². The number of carboxylic acid groups (broad SMARTS) is 1. The van der Waals surface area contributed by atoms with E-state index in [1.54, 1.807) is 24.3 Å². The van der Waals surface area contributed by atoms with Gasteiger partial charge >= 0.3 is 10.8 Å². The number of likely N-dealkylation sites (tertiary alicyclic amines) is 1. The Labute approximate surface area is 160 Å². The van der Waals surface area contributed by atoms with Crippen molar-refractivity contribution in [1.82, 2.24) is 9.88 Å². The van der Waals surface area contributed by atoms with Crippen LogP contribution >= 0.6 is 34.7 Å². The normalized spacial score (nSPS) is 24.5. The van der Waals surface area contributed by atoms with E-state index in [0.717, 1.165) is 33.6 Å². The lowest BCUT2D eigenvalue weighted by Gasteiger charge is -2.29. The Morgan fingerprint density at radius 1 is 1.19 bits per heavy atom. The van der Waals surface area contributed by atoms with Crippen molar-refractivity contribution in [3.05, 3.63) is 49.4 Å². The fourth-order valence-corrected chi connectivity index (χ4v) is 6.06. The molecule has 2 aliphatic heterocycles. The fraction of sp³-hybridized carbons (Fsp3) is 0.250. The van der Waals surface area contributed by atoms with Gasteiger partial charge in [0.2, 0.25) is 11.8 Å². The Hall–Kier alpha value is -2.10. The van der Waals surface area contributed by atoms with Gasteiger partial charge in [-0.05, 0) is 17.7 Å². The van der Waals surface area contributed by atoms with Crippen molar-refractivity contribution in [3.63, 3.8) is 0 Å². The van der Waals surface area contributed by atoms with Crippen molar-refractivity contribution >= 4 is 52.5 Å². The summed E-state index contributed by atoms with van der Waals surface area (Å²) in [5, 5.41) is 9.33. The quantitative estimate of drug-likeness (QED) is 0.746. The molecule has 2 amide bonds. The minimum Gasteiger partial charge on any atom is -0.480 e. The zero-order valence-electron chi connectivity index (χ0n) is 13.0. The van der Waals surface area contributed by atoms with Gasteiger partial charge in [-0.15, -0.1) is 0 Å². The van der Waals surface area contributed by atoms with Gasteiger partial charge in [-0.2, -0.15) is 0 Å². The van der Waals surface area contributed by atoms with E-state index in [-0.39, 0.29) is 4.87 Å². The maximum atomic E-state index is 12.9. The first-order valence-electron chi connectivity index (χ1n) is 7.59. The number of carboxylic acids is 1. The molecule has 0 aliphatic carbocycles. The molecule has 0 saturated carbocycles. The SMILES string of the molecule is O=C(O)CN1C(=O)C2Sc3[nH]c(=O)sc3[C@H](c3ccc(Cl)cc3)C2C1=O. The first-order chi connectivity index (χ1) is 12.4. The highest BCUT2D eigenvalue weighted by molar-refractivity contribution is 8.00. The number of H-pyrrole nitrogens is 1. The van der Waals surface area contributed by atoms with Crippen LogP contribution in [0, 0.1) is 5.92 Å². The Morgan fingerprint density at radius 3 is 2.54 bits per heavy atom. The van der Waals surface area contributed by atoms with Crippen molar-refractivity contribution in [1.29, 1.82) is 0 Å². The van der Waals surface area contributed by atoms with Gasteiger partial charge in [-0.3, -0.25) is 24.1 Å². The van der Waals surface area contributed by atoms with Crippen molar-refractivity contribution in [2.45, 2.75) is 16.2 Å². The highest BCUT2D eigenvalue weighted by Gasteiger charge is 2.56. The van der Waals surface area contributed by atoms with Crippen LogP contribution in [-0.4, -0.2) is 44.6 Å². The summed E-state index contributed by atoms with van der Waals surface area (Å²) in [6.45, 7) is -0.664. The van der Waals surface area contributed by atoms with E-state index in [4.69, 9.17) is 16.7 Å². The number of nitrogens with zero attached hydrogens (tertiary/aromatic N) is 1. The number of hydrogen-bond donors (Lipinski definition) is 2. The molecule has 2 aromatic rings. The number of rotatable bonds is 3. The van der Waals surface area contributed by atoms with E-state index in [9.17, 15) is 19.2 Å². The van der Waals surface area contributed by atoms with E-state index in [1.807, 2.05) is 0 Å². The van der Waals surface area contributed by atoms with Crippen LogP contribution in [0.4, 0.5) is 0 Å². The molecular weight excluding hydrogens is 400 g/mol. The summed E-state index contributed by atoms with van der Waals surface area (Å²) in [5.74, 6) is -3.58. The molecule has 2 N–H and O–H groups in total. The summed E-state index contributed by atoms with van der Waals surface area (Å²) >= 11 is 8.06. The van der Waals surface area contributed by atoms with Gasteiger partial charge in [0.05, 0.1) is 10.9 Å². The second-order valence-electron chi connectivity index (χ2n) is 5.96. The summed E-state index contributed by atoms with van der Waals surface area (Å²) < 4.78 is 0. The largest absolute Gasteiger partial charge is 0.480 e. The van der Waals surface area contributed by atoms with E-state index in [1.165, 1.54) is 0 Å². The molecule has 2 aliphatic rings. The number of aliphatic carboxylic acids is 1. The second-order valence-corrected chi connectivity index (χ2v) is 8.56. The number of aromatic nitrogens is 1. The average molecular weight is 411 g/mol. The Bertz CT molecular complexity index is 983. The van der Waals surface area contributed by atoms with Crippen LogP contribution in [0.25, 0.3) is 0 Å². The first-order valence-corrected chi connectivity index (χ1v) is 9.66. The highest BCUT2D eigenvalue weighted by atomic mass is 35.5. The van der Waals surface area contributed by atoms with Gasteiger partial charge in [0.25, 0.3) is 0 Å². The van der Waals surface area contributed by atoms with E-state index in [2.05, 4.69) is 4.98 Å². The molecule has 3 heterocycles. The number of nitrogens with one attached hydrogen (secondary N) is 1. The molecule has 4 rings (SSSR count). The number of amides is 2. The lowest BCUT2D eigenvalue weighted by Crippen LogP contribution is -2.36. The topological polar surface area (TPSA) is 108 Å². The Kier molecular flexibility index (Phi) is 4.17. The molecule has 10 heteroatoms. The number of thioether (sulfide) groups is 1. The predicted octanol–water partition coefficient (Wildman–Crippen LogP) is 1.77. The van der Waals surface area contributed by atoms with E-state index < -0.39 is 41.4 Å². The van der Waals surface area contributed by atoms with Gasteiger partial charge in [0.1, 0.15) is 11.8 Å². The van der Waals surface area contributed by atoms with E-state index >= 15 is 0 Å². The number of hydrogen-bond acceptors (Lipinski definition) is 6. The molecule has 1 saturated heterocycles. The van der Waals surface area contributed by atoms with Crippen LogP contribution in [0.2, 0.25) is 5.02 Å². The molecule has 0 spiro atoms. The molecular formula is C16H11ClN2O5S2. The summed E-state index contributed by atoms with van der Waals surface area (Å²) in [5.41, 5.74) is 0.750. The first kappa shape index (κ1) is 17.3. The number of carbonyl (C=O) groups is 3. The van der Waals surface area contributed by atoms with Crippen LogP contribution in [0.1, 0.15) is 16.4 Å². The van der Waals surface area contributed by atoms with Crippen molar-refractivity contribution < 1.29 is 19.5 Å².